The third kappa shape index (κ3) is 3.78. The molecule has 1 saturated heterocycles. The number of nitrogens with zero attached hydrogens (tertiary/aromatic N) is 2. The molecule has 0 radical (unpaired) electrons. The lowest BCUT2D eigenvalue weighted by molar-refractivity contribution is 0.351. The van der Waals surface area contributed by atoms with Gasteiger partial charge in [-0.05, 0) is 55.8 Å². The number of nitrogens with two attached hydrogens (primary N) is 1. The maximum absolute atomic E-state index is 13.7. The predicted molar refractivity (Wildman–Crippen MR) is 99.6 cm³/mol. The van der Waals surface area contributed by atoms with Gasteiger partial charge in [-0.2, -0.15) is 5.10 Å². The number of nitrogen functional groups attached to an aromatic ring is 1. The molecular weight excluding hydrogens is 350 g/mol. The smallest absolute Gasteiger partial charge is 0.168 e. The van der Waals surface area contributed by atoms with Crippen LogP contribution in [0.3, 0.4) is 0 Å². The number of halogens is 2. The number of hydrogen-bond donors (Lipinski definition) is 2. The van der Waals surface area contributed by atoms with Gasteiger partial charge in [-0.25, -0.2) is 13.5 Å². The number of nitrogens with one attached hydrogen (secondary N) is 1. The second kappa shape index (κ2) is 7.36. The van der Waals surface area contributed by atoms with Crippen molar-refractivity contribution in [3.63, 3.8) is 0 Å². The molecule has 7 heteroatoms. The Bertz CT molecular complexity index is 934. The second-order valence-electron chi connectivity index (χ2n) is 6.60. The Morgan fingerprint density at radius 2 is 1.93 bits per heavy atom. The van der Waals surface area contributed by atoms with E-state index in [1.165, 1.54) is 6.07 Å². The van der Waals surface area contributed by atoms with Gasteiger partial charge in [0.15, 0.2) is 11.6 Å². The summed E-state index contributed by atoms with van der Waals surface area (Å²) in [5.74, 6) is -0.328. The summed E-state index contributed by atoms with van der Waals surface area (Å²) in [7, 11) is 0. The summed E-state index contributed by atoms with van der Waals surface area (Å²) < 4.78 is 34.0. The van der Waals surface area contributed by atoms with Crippen LogP contribution in [0, 0.1) is 11.6 Å². The largest absolute Gasteiger partial charge is 0.454 e. The topological polar surface area (TPSA) is 65.1 Å². The molecule has 0 unspecified atom stereocenters. The molecule has 0 amide bonds. The molecule has 0 bridgehead atoms. The molecular formula is C20H20F2N4O. The molecule has 3 aromatic rings. The highest BCUT2D eigenvalue weighted by molar-refractivity contribution is 5.63. The maximum atomic E-state index is 13.7. The van der Waals surface area contributed by atoms with Gasteiger partial charge in [-0.3, -0.25) is 0 Å². The highest BCUT2D eigenvalue weighted by Gasteiger charge is 2.19. The molecule has 0 saturated carbocycles. The van der Waals surface area contributed by atoms with Crippen molar-refractivity contribution in [2.75, 3.05) is 18.8 Å². The van der Waals surface area contributed by atoms with Crippen LogP contribution in [0.25, 0.3) is 11.3 Å². The highest BCUT2D eigenvalue weighted by atomic mass is 19.1. The van der Waals surface area contributed by atoms with Crippen LogP contribution < -0.4 is 15.8 Å². The minimum Gasteiger partial charge on any atom is -0.454 e. The Morgan fingerprint density at radius 1 is 1.11 bits per heavy atom. The first-order valence-corrected chi connectivity index (χ1v) is 8.89. The number of anilines is 1. The van der Waals surface area contributed by atoms with E-state index in [1.54, 1.807) is 12.1 Å². The van der Waals surface area contributed by atoms with Crippen molar-refractivity contribution in [3.8, 4) is 22.8 Å². The van der Waals surface area contributed by atoms with E-state index >= 15 is 0 Å². The van der Waals surface area contributed by atoms with Gasteiger partial charge in [0, 0.05) is 24.2 Å². The van der Waals surface area contributed by atoms with Crippen molar-refractivity contribution in [1.82, 2.24) is 15.1 Å². The standard InChI is InChI=1S/C20H20F2N4O/c21-14-5-8-19(17(22)10-14)27-16-6-3-13(4-7-16)18-11-20(23)26(25-18)15-2-1-9-24-12-15/h3-8,10-11,15,24H,1-2,9,12,23H2/t15-/m1/s1. The molecule has 0 aliphatic carbocycles. The monoisotopic (exact) mass is 370 g/mol. The highest BCUT2D eigenvalue weighted by Crippen LogP contribution is 2.29. The molecule has 5 nitrogen and oxygen atoms in total. The SMILES string of the molecule is Nc1cc(-c2ccc(Oc3ccc(F)cc3F)cc2)nn1[C@@H]1CCCNC1. The van der Waals surface area contributed by atoms with Crippen molar-refractivity contribution in [3.05, 3.63) is 60.2 Å². The fourth-order valence-corrected chi connectivity index (χ4v) is 3.26. The molecule has 1 aromatic heterocycles. The molecule has 3 N–H and O–H groups in total. The molecule has 4 rings (SSSR count). The van der Waals surface area contributed by atoms with E-state index in [9.17, 15) is 8.78 Å². The van der Waals surface area contributed by atoms with Gasteiger partial charge in [0.1, 0.15) is 17.4 Å². The van der Waals surface area contributed by atoms with Gasteiger partial charge in [-0.15, -0.1) is 0 Å². The molecule has 1 aliphatic heterocycles. The van der Waals surface area contributed by atoms with Crippen molar-refractivity contribution in [2.24, 2.45) is 0 Å². The van der Waals surface area contributed by atoms with Crippen LogP contribution in [0.5, 0.6) is 11.5 Å². The van der Waals surface area contributed by atoms with E-state index in [4.69, 9.17) is 10.5 Å². The van der Waals surface area contributed by atoms with Crippen molar-refractivity contribution >= 4 is 5.82 Å². The fourth-order valence-electron chi connectivity index (χ4n) is 3.26. The lowest BCUT2D eigenvalue weighted by Gasteiger charge is -2.23. The predicted octanol–water partition coefficient (Wildman–Crippen LogP) is 4.13. The lowest BCUT2D eigenvalue weighted by Crippen LogP contribution is -2.32. The van der Waals surface area contributed by atoms with Gasteiger partial charge >= 0.3 is 0 Å². The summed E-state index contributed by atoms with van der Waals surface area (Å²) >= 11 is 0. The van der Waals surface area contributed by atoms with Crippen molar-refractivity contribution < 1.29 is 13.5 Å². The molecule has 2 heterocycles. The zero-order chi connectivity index (χ0) is 18.8. The summed E-state index contributed by atoms with van der Waals surface area (Å²) in [5.41, 5.74) is 7.81. The van der Waals surface area contributed by atoms with E-state index in [0.29, 0.717) is 11.6 Å². The van der Waals surface area contributed by atoms with Gasteiger partial charge in [-0.1, -0.05) is 0 Å². The maximum Gasteiger partial charge on any atom is 0.168 e. The van der Waals surface area contributed by atoms with Crippen LogP contribution in [0.2, 0.25) is 0 Å². The Kier molecular flexibility index (Phi) is 4.77. The number of piperidine rings is 1. The first kappa shape index (κ1) is 17.5. The summed E-state index contributed by atoms with van der Waals surface area (Å²) in [6.45, 7) is 1.89. The van der Waals surface area contributed by atoms with Gasteiger partial charge in [0.05, 0.1) is 11.7 Å². The molecule has 27 heavy (non-hydrogen) atoms. The summed E-state index contributed by atoms with van der Waals surface area (Å²) in [4.78, 5) is 0. The van der Waals surface area contributed by atoms with Gasteiger partial charge in [0.2, 0.25) is 0 Å². The molecule has 1 atom stereocenters. The summed E-state index contributed by atoms with van der Waals surface area (Å²) in [6.07, 6.45) is 2.15. The van der Waals surface area contributed by atoms with E-state index < -0.39 is 11.6 Å². The molecule has 140 valence electrons. The Hall–Kier alpha value is -2.93. The van der Waals surface area contributed by atoms with E-state index in [1.807, 2.05) is 22.9 Å². The summed E-state index contributed by atoms with van der Waals surface area (Å²) in [6, 6.07) is 12.4. The normalized spacial score (nSPS) is 17.0. The zero-order valence-electron chi connectivity index (χ0n) is 14.7. The number of aromatic nitrogens is 2. The lowest BCUT2D eigenvalue weighted by atomic mass is 10.1. The Balaban J connectivity index is 1.52. The van der Waals surface area contributed by atoms with Crippen LogP contribution >= 0.6 is 0 Å². The van der Waals surface area contributed by atoms with E-state index in [2.05, 4.69) is 10.4 Å². The second-order valence-corrected chi connectivity index (χ2v) is 6.60. The molecule has 0 spiro atoms. The molecule has 2 aromatic carbocycles. The van der Waals surface area contributed by atoms with Crippen molar-refractivity contribution in [2.45, 2.75) is 18.9 Å². The molecule has 1 fully saturated rings. The van der Waals surface area contributed by atoms with Gasteiger partial charge in [0.25, 0.3) is 0 Å². The van der Waals surface area contributed by atoms with E-state index in [-0.39, 0.29) is 11.8 Å². The van der Waals surface area contributed by atoms with Crippen LogP contribution in [0.4, 0.5) is 14.6 Å². The minimum absolute atomic E-state index is 0.0255. The Labute approximate surface area is 155 Å². The first-order valence-electron chi connectivity index (χ1n) is 8.89. The average molecular weight is 370 g/mol. The number of benzene rings is 2. The van der Waals surface area contributed by atoms with E-state index in [0.717, 1.165) is 49.3 Å². The number of rotatable bonds is 4. The van der Waals surface area contributed by atoms with Gasteiger partial charge < -0.3 is 15.8 Å². The average Bonchev–Trinajstić information content (AvgIpc) is 3.07. The quantitative estimate of drug-likeness (QED) is 0.725. The van der Waals surface area contributed by atoms with Crippen LogP contribution in [0.1, 0.15) is 18.9 Å². The van der Waals surface area contributed by atoms with Crippen LogP contribution in [-0.2, 0) is 0 Å². The third-order valence-electron chi connectivity index (χ3n) is 4.65. The fraction of sp³-hybridized carbons (Fsp3) is 0.250. The minimum atomic E-state index is -0.744. The summed E-state index contributed by atoms with van der Waals surface area (Å²) in [5, 5.41) is 8.01. The third-order valence-corrected chi connectivity index (χ3v) is 4.65. The Morgan fingerprint density at radius 3 is 2.63 bits per heavy atom. The first-order chi connectivity index (χ1) is 13.1. The van der Waals surface area contributed by atoms with Crippen LogP contribution in [0.15, 0.2) is 48.5 Å². The molecule has 1 aliphatic rings. The zero-order valence-corrected chi connectivity index (χ0v) is 14.7. The van der Waals surface area contributed by atoms with Crippen LogP contribution in [-0.4, -0.2) is 22.9 Å². The number of hydrogen-bond acceptors (Lipinski definition) is 4. The number of ether oxygens (including phenoxy) is 1. The van der Waals surface area contributed by atoms with Crippen molar-refractivity contribution in [1.29, 1.82) is 0 Å².